The van der Waals surface area contributed by atoms with Crippen LogP contribution in [0, 0.1) is 5.41 Å². The predicted molar refractivity (Wildman–Crippen MR) is 62.4 cm³/mol. The zero-order valence-electron chi connectivity index (χ0n) is 10.1. The van der Waals surface area contributed by atoms with Gasteiger partial charge in [0.1, 0.15) is 0 Å². The van der Waals surface area contributed by atoms with Crippen LogP contribution in [0.3, 0.4) is 0 Å². The molecule has 0 spiro atoms. The molecule has 0 bridgehead atoms. The third-order valence-electron chi connectivity index (χ3n) is 3.13. The molecule has 0 fully saturated rings. The summed E-state index contributed by atoms with van der Waals surface area (Å²) in [6, 6.07) is 6.44. The zero-order valence-corrected chi connectivity index (χ0v) is 10.1. The first-order chi connectivity index (χ1) is 7.16. The Labute approximate surface area is 95.7 Å². The lowest BCUT2D eigenvalue weighted by Gasteiger charge is -2.37. The maximum Gasteiger partial charge on any atom is 0.335 e. The Bertz CT molecular complexity index is 400. The summed E-state index contributed by atoms with van der Waals surface area (Å²) >= 11 is 0. The minimum Gasteiger partial charge on any atom is -0.478 e. The van der Waals surface area contributed by atoms with E-state index in [0.717, 1.165) is 0 Å². The molecule has 3 nitrogen and oxygen atoms in total. The molecule has 0 aliphatic rings. The highest BCUT2D eigenvalue weighted by Gasteiger charge is 2.37. The zero-order chi connectivity index (χ0) is 12.6. The molecule has 0 heterocycles. The van der Waals surface area contributed by atoms with Gasteiger partial charge in [0, 0.05) is 0 Å². The SMILES string of the molecule is CC(C)(C)C(C)(O)c1cccc(C(=O)O)c1. The smallest absolute Gasteiger partial charge is 0.335 e. The molecule has 1 rings (SSSR count). The van der Waals surface area contributed by atoms with Gasteiger partial charge >= 0.3 is 5.97 Å². The van der Waals surface area contributed by atoms with Gasteiger partial charge in [0.15, 0.2) is 0 Å². The molecule has 1 aromatic carbocycles. The summed E-state index contributed by atoms with van der Waals surface area (Å²) in [6.45, 7) is 7.45. The number of hydrogen-bond acceptors (Lipinski definition) is 2. The quantitative estimate of drug-likeness (QED) is 0.808. The highest BCUT2D eigenvalue weighted by atomic mass is 16.4. The summed E-state index contributed by atoms with van der Waals surface area (Å²) in [5, 5.41) is 19.3. The topological polar surface area (TPSA) is 57.5 Å². The first-order valence-corrected chi connectivity index (χ1v) is 5.22. The van der Waals surface area contributed by atoms with E-state index in [9.17, 15) is 9.90 Å². The Morgan fingerprint density at radius 3 is 2.19 bits per heavy atom. The summed E-state index contributed by atoms with van der Waals surface area (Å²) in [5.41, 5.74) is -0.593. The first kappa shape index (κ1) is 12.7. The first-order valence-electron chi connectivity index (χ1n) is 5.22. The number of benzene rings is 1. The lowest BCUT2D eigenvalue weighted by atomic mass is 9.73. The van der Waals surface area contributed by atoms with Crippen molar-refractivity contribution in [2.45, 2.75) is 33.3 Å². The standard InChI is InChI=1S/C13H18O3/c1-12(2,3)13(4,16)10-7-5-6-9(8-10)11(14)15/h5-8,16H,1-4H3,(H,14,15). The van der Waals surface area contributed by atoms with E-state index in [4.69, 9.17) is 5.11 Å². The summed E-state index contributed by atoms with van der Waals surface area (Å²) in [4.78, 5) is 10.8. The van der Waals surface area contributed by atoms with Crippen molar-refractivity contribution in [1.82, 2.24) is 0 Å². The van der Waals surface area contributed by atoms with Gasteiger partial charge < -0.3 is 10.2 Å². The summed E-state index contributed by atoms with van der Waals surface area (Å²) < 4.78 is 0. The molecule has 0 amide bonds. The Hall–Kier alpha value is -1.35. The molecule has 1 atom stereocenters. The van der Waals surface area contributed by atoms with Gasteiger partial charge in [-0.3, -0.25) is 0 Å². The average molecular weight is 222 g/mol. The fourth-order valence-electron chi connectivity index (χ4n) is 1.39. The van der Waals surface area contributed by atoms with E-state index in [2.05, 4.69) is 0 Å². The third kappa shape index (κ3) is 2.25. The Morgan fingerprint density at radius 1 is 1.19 bits per heavy atom. The number of rotatable bonds is 2. The highest BCUT2D eigenvalue weighted by molar-refractivity contribution is 5.87. The number of carboxylic acid groups (broad SMARTS) is 1. The molecular weight excluding hydrogens is 204 g/mol. The van der Waals surface area contributed by atoms with Gasteiger partial charge in [-0.1, -0.05) is 32.9 Å². The van der Waals surface area contributed by atoms with Crippen LogP contribution in [0.25, 0.3) is 0 Å². The van der Waals surface area contributed by atoms with Gasteiger partial charge in [-0.25, -0.2) is 4.79 Å². The average Bonchev–Trinajstić information content (AvgIpc) is 2.16. The minimum absolute atomic E-state index is 0.196. The Balaban J connectivity index is 3.24. The molecule has 0 saturated heterocycles. The van der Waals surface area contributed by atoms with E-state index in [-0.39, 0.29) is 11.0 Å². The van der Waals surface area contributed by atoms with Crippen LogP contribution in [-0.4, -0.2) is 16.2 Å². The number of aromatic carboxylic acids is 1. The summed E-state index contributed by atoms with van der Waals surface area (Å²) in [6.07, 6.45) is 0. The van der Waals surface area contributed by atoms with Gasteiger partial charge in [-0.2, -0.15) is 0 Å². The fourth-order valence-corrected chi connectivity index (χ4v) is 1.39. The van der Waals surface area contributed by atoms with Crippen LogP contribution < -0.4 is 0 Å². The molecule has 2 N–H and O–H groups in total. The molecule has 0 aliphatic carbocycles. The van der Waals surface area contributed by atoms with E-state index in [1.807, 2.05) is 20.8 Å². The third-order valence-corrected chi connectivity index (χ3v) is 3.13. The molecule has 0 saturated carbocycles. The van der Waals surface area contributed by atoms with Crippen LogP contribution in [0.4, 0.5) is 0 Å². The van der Waals surface area contributed by atoms with E-state index in [1.54, 1.807) is 19.1 Å². The lowest BCUT2D eigenvalue weighted by Crippen LogP contribution is -2.36. The maximum absolute atomic E-state index is 10.8. The molecule has 1 unspecified atom stereocenters. The molecule has 1 aromatic rings. The van der Waals surface area contributed by atoms with E-state index < -0.39 is 11.6 Å². The van der Waals surface area contributed by atoms with Gasteiger partial charge in [0.25, 0.3) is 0 Å². The van der Waals surface area contributed by atoms with E-state index >= 15 is 0 Å². The number of carbonyl (C=O) groups is 1. The van der Waals surface area contributed by atoms with Crippen LogP contribution >= 0.6 is 0 Å². The predicted octanol–water partition coefficient (Wildman–Crippen LogP) is 2.64. The highest BCUT2D eigenvalue weighted by Crippen LogP contribution is 2.38. The van der Waals surface area contributed by atoms with Crippen molar-refractivity contribution in [1.29, 1.82) is 0 Å². The second-order valence-corrected chi connectivity index (χ2v) is 5.21. The monoisotopic (exact) mass is 222 g/mol. The van der Waals surface area contributed by atoms with Crippen LogP contribution in [-0.2, 0) is 5.60 Å². The van der Waals surface area contributed by atoms with Gasteiger partial charge in [0.05, 0.1) is 11.2 Å². The normalized spacial score (nSPS) is 15.6. The van der Waals surface area contributed by atoms with Crippen molar-refractivity contribution in [3.8, 4) is 0 Å². The van der Waals surface area contributed by atoms with Crippen LogP contribution in [0.5, 0.6) is 0 Å². The minimum atomic E-state index is -1.06. The number of hydrogen-bond donors (Lipinski definition) is 2. The van der Waals surface area contributed by atoms with Crippen molar-refractivity contribution in [3.63, 3.8) is 0 Å². The second kappa shape index (κ2) is 3.91. The van der Waals surface area contributed by atoms with Crippen molar-refractivity contribution in [2.24, 2.45) is 5.41 Å². The Kier molecular flexibility index (Phi) is 3.10. The van der Waals surface area contributed by atoms with Crippen LogP contribution in [0.2, 0.25) is 0 Å². The van der Waals surface area contributed by atoms with Crippen LogP contribution in [0.1, 0.15) is 43.6 Å². The lowest BCUT2D eigenvalue weighted by molar-refractivity contribution is -0.0470. The number of carboxylic acids is 1. The summed E-state index contributed by atoms with van der Waals surface area (Å²) in [7, 11) is 0. The largest absolute Gasteiger partial charge is 0.478 e. The molecule has 0 radical (unpaired) electrons. The molecule has 0 aromatic heterocycles. The molecular formula is C13H18O3. The van der Waals surface area contributed by atoms with Gasteiger partial charge in [-0.15, -0.1) is 0 Å². The molecule has 3 heteroatoms. The van der Waals surface area contributed by atoms with E-state index in [1.165, 1.54) is 12.1 Å². The molecule has 88 valence electrons. The van der Waals surface area contributed by atoms with E-state index in [0.29, 0.717) is 5.56 Å². The number of aliphatic hydroxyl groups is 1. The van der Waals surface area contributed by atoms with Crippen molar-refractivity contribution < 1.29 is 15.0 Å². The maximum atomic E-state index is 10.8. The fraction of sp³-hybridized carbons (Fsp3) is 0.462. The Morgan fingerprint density at radius 2 is 1.75 bits per heavy atom. The van der Waals surface area contributed by atoms with Crippen molar-refractivity contribution in [2.75, 3.05) is 0 Å². The molecule has 0 aliphatic heterocycles. The van der Waals surface area contributed by atoms with Crippen molar-refractivity contribution >= 4 is 5.97 Å². The second-order valence-electron chi connectivity index (χ2n) is 5.21. The van der Waals surface area contributed by atoms with Gasteiger partial charge in [0.2, 0.25) is 0 Å². The summed E-state index contributed by atoms with van der Waals surface area (Å²) in [5.74, 6) is -0.980. The van der Waals surface area contributed by atoms with Gasteiger partial charge in [-0.05, 0) is 30.0 Å². The van der Waals surface area contributed by atoms with Crippen LogP contribution in [0.15, 0.2) is 24.3 Å². The van der Waals surface area contributed by atoms with Crippen molar-refractivity contribution in [3.05, 3.63) is 35.4 Å². The molecule has 16 heavy (non-hydrogen) atoms.